The van der Waals surface area contributed by atoms with Crippen molar-refractivity contribution < 1.29 is 0 Å². The second kappa shape index (κ2) is 10.7. The van der Waals surface area contributed by atoms with Crippen molar-refractivity contribution in [3.8, 4) is 22.9 Å². The Morgan fingerprint density at radius 3 is 1.89 bits per heavy atom. The molecule has 0 saturated heterocycles. The lowest BCUT2D eigenvalue weighted by molar-refractivity contribution is 0.973. The first-order valence-electron chi connectivity index (χ1n) is 15.9. The zero-order valence-corrected chi connectivity index (χ0v) is 25.9. The Morgan fingerprint density at radius 2 is 1.17 bits per heavy atom. The second-order valence-electron chi connectivity index (χ2n) is 11.8. The number of aromatic nitrogens is 4. The Bertz CT molecular complexity index is 2690. The molecular weight excluding hydrogens is 573 g/mol. The van der Waals surface area contributed by atoms with E-state index in [1.807, 2.05) is 18.2 Å². The molecule has 0 bridgehead atoms. The number of fused-ring (bicyclic) bond motifs is 9. The van der Waals surface area contributed by atoms with Crippen molar-refractivity contribution in [3.63, 3.8) is 0 Å². The van der Waals surface area contributed by atoms with Crippen LogP contribution >= 0.6 is 0 Å². The molecule has 9 rings (SSSR count). The fourth-order valence-electron chi connectivity index (χ4n) is 7.33. The highest BCUT2D eigenvalue weighted by Gasteiger charge is 2.27. The first-order valence-corrected chi connectivity index (χ1v) is 15.9. The molecule has 0 radical (unpaired) electrons. The molecule has 0 unspecified atom stereocenters. The van der Waals surface area contributed by atoms with Crippen LogP contribution in [0.4, 0.5) is 0 Å². The Kier molecular flexibility index (Phi) is 6.15. The molecule has 0 N–H and O–H groups in total. The molecule has 0 aliphatic rings. The van der Waals surface area contributed by atoms with Crippen LogP contribution in [0.2, 0.25) is 0 Å². The van der Waals surface area contributed by atoms with Gasteiger partial charge in [0.25, 0.3) is 0 Å². The van der Waals surface area contributed by atoms with Crippen molar-refractivity contribution in [1.29, 1.82) is 0 Å². The van der Waals surface area contributed by atoms with Gasteiger partial charge in [0.2, 0.25) is 5.95 Å². The van der Waals surface area contributed by atoms with Crippen molar-refractivity contribution >= 4 is 66.5 Å². The van der Waals surface area contributed by atoms with E-state index in [0.717, 1.165) is 61.0 Å². The molecular formula is C43H30N4. The Labute approximate surface area is 272 Å². The third-order valence-corrected chi connectivity index (χ3v) is 9.19. The number of nitrogens with zero attached hydrogens (tertiary/aromatic N) is 4. The van der Waals surface area contributed by atoms with E-state index < -0.39 is 0 Å². The maximum atomic E-state index is 5.39. The molecule has 0 spiro atoms. The van der Waals surface area contributed by atoms with E-state index in [2.05, 4.69) is 156 Å². The predicted molar refractivity (Wildman–Crippen MR) is 198 cm³/mol. The summed E-state index contributed by atoms with van der Waals surface area (Å²) in [6.45, 7) is 6.43. The van der Waals surface area contributed by atoms with Gasteiger partial charge in [-0.1, -0.05) is 128 Å². The minimum atomic E-state index is 0.611. The van der Waals surface area contributed by atoms with Gasteiger partial charge in [0.15, 0.2) is 0 Å². The molecule has 6 aromatic carbocycles. The summed E-state index contributed by atoms with van der Waals surface area (Å²) in [6, 6.07) is 46.8. The summed E-state index contributed by atoms with van der Waals surface area (Å²) in [5.74, 6) is 0.611. The lowest BCUT2D eigenvalue weighted by Gasteiger charge is -2.15. The molecule has 222 valence electrons. The van der Waals surface area contributed by atoms with Gasteiger partial charge in [0.05, 0.1) is 33.5 Å². The Hall–Kier alpha value is -6.26. The van der Waals surface area contributed by atoms with Crippen LogP contribution < -0.4 is 0 Å². The molecule has 3 heterocycles. The zero-order valence-electron chi connectivity index (χ0n) is 25.9. The summed E-state index contributed by atoms with van der Waals surface area (Å²) in [7, 11) is 0. The van der Waals surface area contributed by atoms with E-state index in [4.69, 9.17) is 9.97 Å². The molecule has 47 heavy (non-hydrogen) atoms. The maximum Gasteiger partial charge on any atom is 0.235 e. The summed E-state index contributed by atoms with van der Waals surface area (Å²) in [4.78, 5) is 10.7. The molecule has 0 amide bonds. The predicted octanol–water partition coefficient (Wildman–Crippen LogP) is 11.2. The van der Waals surface area contributed by atoms with Crippen LogP contribution in [0.15, 0.2) is 146 Å². The van der Waals surface area contributed by atoms with Gasteiger partial charge in [0.1, 0.15) is 0 Å². The third kappa shape index (κ3) is 3.95. The van der Waals surface area contributed by atoms with E-state index in [-0.39, 0.29) is 0 Å². The molecule has 9 aromatic rings. The molecule has 0 aliphatic carbocycles. The highest BCUT2D eigenvalue weighted by atomic mass is 15.2. The van der Waals surface area contributed by atoms with Crippen LogP contribution in [-0.4, -0.2) is 19.1 Å². The van der Waals surface area contributed by atoms with Gasteiger partial charge in [-0.25, -0.2) is 9.97 Å². The average molecular weight is 603 g/mol. The first-order chi connectivity index (χ1) is 23.3. The van der Waals surface area contributed by atoms with E-state index in [0.29, 0.717) is 5.95 Å². The third-order valence-electron chi connectivity index (χ3n) is 9.19. The Morgan fingerprint density at radius 1 is 0.574 bits per heavy atom. The van der Waals surface area contributed by atoms with Crippen LogP contribution in [0.25, 0.3) is 89.4 Å². The minimum Gasteiger partial charge on any atom is -0.307 e. The van der Waals surface area contributed by atoms with Gasteiger partial charge in [-0.15, -0.1) is 0 Å². The number of benzene rings is 6. The van der Waals surface area contributed by atoms with Crippen LogP contribution in [0, 0.1) is 0 Å². The smallest absolute Gasteiger partial charge is 0.235 e. The van der Waals surface area contributed by atoms with Crippen LogP contribution in [0.1, 0.15) is 18.2 Å². The van der Waals surface area contributed by atoms with Crippen molar-refractivity contribution in [2.24, 2.45) is 0 Å². The highest BCUT2D eigenvalue weighted by Crippen LogP contribution is 2.46. The van der Waals surface area contributed by atoms with Gasteiger partial charge in [-0.3, -0.25) is 4.57 Å². The van der Waals surface area contributed by atoms with Crippen LogP contribution in [0.3, 0.4) is 0 Å². The van der Waals surface area contributed by atoms with Crippen molar-refractivity contribution in [2.45, 2.75) is 6.92 Å². The van der Waals surface area contributed by atoms with E-state index >= 15 is 0 Å². The number of rotatable bonds is 5. The van der Waals surface area contributed by atoms with Crippen molar-refractivity contribution in [2.75, 3.05) is 0 Å². The molecule has 0 atom stereocenters. The summed E-state index contributed by atoms with van der Waals surface area (Å²) in [5, 5.41) is 6.97. The molecule has 3 aromatic heterocycles. The molecule has 4 nitrogen and oxygen atoms in total. The summed E-state index contributed by atoms with van der Waals surface area (Å²) < 4.78 is 4.64. The topological polar surface area (TPSA) is 35.6 Å². The van der Waals surface area contributed by atoms with Crippen molar-refractivity contribution in [3.05, 3.63) is 157 Å². The second-order valence-corrected chi connectivity index (χ2v) is 11.8. The summed E-state index contributed by atoms with van der Waals surface area (Å²) >= 11 is 0. The number of para-hydroxylation sites is 3. The lowest BCUT2D eigenvalue weighted by atomic mass is 9.97. The Balaban J connectivity index is 1.58. The quantitative estimate of drug-likeness (QED) is 0.196. The highest BCUT2D eigenvalue weighted by molar-refractivity contribution is 6.33. The van der Waals surface area contributed by atoms with Gasteiger partial charge in [0, 0.05) is 38.4 Å². The van der Waals surface area contributed by atoms with Gasteiger partial charge in [-0.2, -0.15) is 0 Å². The number of hydrogen-bond acceptors (Lipinski definition) is 2. The average Bonchev–Trinajstić information content (AvgIpc) is 3.65. The van der Waals surface area contributed by atoms with Gasteiger partial charge >= 0.3 is 0 Å². The van der Waals surface area contributed by atoms with E-state index in [9.17, 15) is 0 Å². The normalized spacial score (nSPS) is 11.9. The van der Waals surface area contributed by atoms with Crippen molar-refractivity contribution in [1.82, 2.24) is 19.1 Å². The summed E-state index contributed by atoms with van der Waals surface area (Å²) in [5.41, 5.74) is 9.30. The molecule has 0 fully saturated rings. The molecule has 4 heteroatoms. The standard InChI is InChI=1S/C43H30N4/c1-3-17-33-36(4-2)47(43-44-35-26-15-13-24-32(35)40(45-43)28-18-7-5-8-19-28)42-38(33)30-22-11-12-23-31(30)39-34-25-14-16-27-37(34)46(41(39)42)29-20-9-6-10-21-29/h3-27H,2H2,1H3/b17-3-. The molecule has 0 aliphatic heterocycles. The summed E-state index contributed by atoms with van der Waals surface area (Å²) in [6.07, 6.45) is 6.25. The van der Waals surface area contributed by atoms with E-state index in [1.165, 1.54) is 21.5 Å². The monoisotopic (exact) mass is 602 g/mol. The van der Waals surface area contributed by atoms with Crippen LogP contribution in [-0.2, 0) is 0 Å². The molecule has 0 saturated carbocycles. The SMILES string of the molecule is C=Cc1c(/C=C\C)c2c3ccccc3c3c4ccccc4n(-c4ccccc4)c3c2n1-c1nc(-c2ccccc2)c2ccccc2n1. The first kappa shape index (κ1) is 27.1. The largest absolute Gasteiger partial charge is 0.307 e. The van der Waals surface area contributed by atoms with E-state index in [1.54, 1.807) is 0 Å². The fourth-order valence-corrected chi connectivity index (χ4v) is 7.33. The lowest BCUT2D eigenvalue weighted by Crippen LogP contribution is -2.06. The van der Waals surface area contributed by atoms with Gasteiger partial charge in [-0.05, 0) is 48.0 Å². The minimum absolute atomic E-state index is 0.611. The number of hydrogen-bond donors (Lipinski definition) is 0. The fraction of sp³-hybridized carbons (Fsp3) is 0.0233. The number of allylic oxidation sites excluding steroid dienone is 1. The zero-order chi connectivity index (χ0) is 31.5. The maximum absolute atomic E-state index is 5.39. The van der Waals surface area contributed by atoms with Crippen LogP contribution in [0.5, 0.6) is 0 Å². The van der Waals surface area contributed by atoms with Gasteiger partial charge < -0.3 is 4.57 Å².